The number of piperidine rings is 1. The predicted octanol–water partition coefficient (Wildman–Crippen LogP) is 5.17. The van der Waals surface area contributed by atoms with Gasteiger partial charge in [0.1, 0.15) is 23.2 Å². The summed E-state index contributed by atoms with van der Waals surface area (Å²) in [6, 6.07) is 24.4. The molecule has 3 N–H and O–H groups in total. The quantitative estimate of drug-likeness (QED) is 0.254. The van der Waals surface area contributed by atoms with E-state index < -0.39 is 0 Å². The number of nitriles is 1. The van der Waals surface area contributed by atoms with E-state index in [-0.39, 0.29) is 5.82 Å². The number of benzene rings is 1. The summed E-state index contributed by atoms with van der Waals surface area (Å²) < 4.78 is 2.05. The number of hydrogen-bond donors (Lipinski definition) is 2. The molecule has 11 nitrogen and oxygen atoms in total. The molecule has 1 fully saturated rings. The molecule has 1 saturated heterocycles. The van der Waals surface area contributed by atoms with E-state index >= 15 is 0 Å². The molecule has 222 valence electrons. The van der Waals surface area contributed by atoms with Crippen molar-refractivity contribution in [3.63, 3.8) is 0 Å². The number of rotatable bonds is 7. The normalized spacial score (nSPS) is 14.0. The number of nitrogens with two attached hydrogens (primary N) is 1. The van der Waals surface area contributed by atoms with Crippen LogP contribution in [0.1, 0.15) is 29.8 Å². The van der Waals surface area contributed by atoms with Gasteiger partial charge in [-0.1, -0.05) is 12.1 Å². The van der Waals surface area contributed by atoms with Crippen LogP contribution in [-0.4, -0.2) is 58.5 Å². The third-order valence-electron chi connectivity index (χ3n) is 8.06. The molecule has 1 aliphatic rings. The van der Waals surface area contributed by atoms with Gasteiger partial charge in [-0.15, -0.1) is 0 Å². The van der Waals surface area contributed by atoms with Crippen LogP contribution in [0.4, 0.5) is 11.6 Å². The Morgan fingerprint density at radius 1 is 0.889 bits per heavy atom. The van der Waals surface area contributed by atoms with Crippen molar-refractivity contribution in [3.05, 3.63) is 102 Å². The van der Waals surface area contributed by atoms with Crippen molar-refractivity contribution in [1.82, 2.24) is 39.4 Å². The van der Waals surface area contributed by atoms with E-state index in [2.05, 4.69) is 54.4 Å². The number of aryl methyl sites for hydroxylation is 1. The van der Waals surface area contributed by atoms with Crippen LogP contribution < -0.4 is 11.1 Å². The lowest BCUT2D eigenvalue weighted by atomic mass is 10.0. The topological polar surface area (TPSA) is 147 Å². The molecule has 0 aliphatic carbocycles. The van der Waals surface area contributed by atoms with Crippen LogP contribution >= 0.6 is 0 Å². The molecule has 0 saturated carbocycles. The number of nitrogens with one attached hydrogen (secondary N) is 1. The van der Waals surface area contributed by atoms with Gasteiger partial charge in [0, 0.05) is 50.0 Å². The number of pyridine rings is 3. The zero-order valence-electron chi connectivity index (χ0n) is 24.8. The highest BCUT2D eigenvalue weighted by Crippen LogP contribution is 2.32. The first-order valence-electron chi connectivity index (χ1n) is 14.9. The monoisotopic (exact) mass is 593 g/mol. The molecule has 0 radical (unpaired) electrons. The van der Waals surface area contributed by atoms with Crippen molar-refractivity contribution in [1.29, 1.82) is 5.26 Å². The summed E-state index contributed by atoms with van der Waals surface area (Å²) in [6.45, 7) is 4.83. The van der Waals surface area contributed by atoms with Crippen molar-refractivity contribution in [2.24, 2.45) is 0 Å². The van der Waals surface area contributed by atoms with Crippen LogP contribution in [0.15, 0.2) is 85.3 Å². The van der Waals surface area contributed by atoms with Gasteiger partial charge in [0.05, 0.1) is 17.0 Å². The van der Waals surface area contributed by atoms with Crippen molar-refractivity contribution >= 4 is 22.8 Å². The number of anilines is 2. The summed E-state index contributed by atoms with van der Waals surface area (Å²) >= 11 is 0. The van der Waals surface area contributed by atoms with E-state index in [9.17, 15) is 0 Å². The van der Waals surface area contributed by atoms with Crippen LogP contribution in [0.25, 0.3) is 39.6 Å². The molecule has 45 heavy (non-hydrogen) atoms. The standard InChI is InChI=1S/C34H31N11/c1-22-10-15-37-29(19-22)27-8-9-28-34(41-27)45(33(42-28)26-3-2-14-39-32(26)36)25-6-4-23(5-7-25)21-44-17-12-24(13-18-44)40-30-11-16-38-31(20-35)43-30/h2-11,14-16,19,24H,12-13,17-18,21H2,1H3,(H2,36,39)(H,38,40,43). The molecular weight excluding hydrogens is 562 g/mol. The second kappa shape index (κ2) is 12.1. The number of hydrogen-bond acceptors (Lipinski definition) is 10. The molecule has 7 rings (SSSR count). The minimum atomic E-state index is 0.181. The molecule has 5 aromatic heterocycles. The number of imidazole rings is 1. The van der Waals surface area contributed by atoms with Crippen LogP contribution in [0.2, 0.25) is 0 Å². The average molecular weight is 594 g/mol. The molecule has 0 amide bonds. The smallest absolute Gasteiger partial charge is 0.234 e. The SMILES string of the molecule is Cc1ccnc(-c2ccc3nc(-c4cccnc4N)n(-c4ccc(CN5CCC(Nc6ccnc(C#N)n6)CC5)cc4)c3n2)c1. The van der Waals surface area contributed by atoms with Crippen molar-refractivity contribution in [2.75, 3.05) is 24.1 Å². The number of aromatic nitrogens is 7. The maximum absolute atomic E-state index is 9.07. The lowest BCUT2D eigenvalue weighted by Crippen LogP contribution is -2.38. The zero-order chi connectivity index (χ0) is 30.8. The van der Waals surface area contributed by atoms with E-state index in [0.717, 1.165) is 71.8 Å². The van der Waals surface area contributed by atoms with Gasteiger partial charge in [0.25, 0.3) is 0 Å². The third kappa shape index (κ3) is 5.91. The first-order valence-corrected chi connectivity index (χ1v) is 14.9. The summed E-state index contributed by atoms with van der Waals surface area (Å²) in [4.78, 5) is 29.5. The van der Waals surface area contributed by atoms with Crippen LogP contribution in [0, 0.1) is 18.3 Å². The van der Waals surface area contributed by atoms with Gasteiger partial charge in [0.2, 0.25) is 5.82 Å². The van der Waals surface area contributed by atoms with Gasteiger partial charge in [-0.25, -0.2) is 24.9 Å². The molecule has 0 unspecified atom stereocenters. The first-order chi connectivity index (χ1) is 22.0. The molecule has 6 heterocycles. The predicted molar refractivity (Wildman–Crippen MR) is 173 cm³/mol. The molecule has 0 spiro atoms. The van der Waals surface area contributed by atoms with E-state index in [4.69, 9.17) is 21.0 Å². The molecular formula is C34H31N11. The fourth-order valence-corrected chi connectivity index (χ4v) is 5.75. The Balaban J connectivity index is 1.13. The minimum Gasteiger partial charge on any atom is -0.383 e. The third-order valence-corrected chi connectivity index (χ3v) is 8.06. The van der Waals surface area contributed by atoms with E-state index in [0.29, 0.717) is 23.5 Å². The van der Waals surface area contributed by atoms with Gasteiger partial charge in [-0.05, 0) is 85.5 Å². The summed E-state index contributed by atoms with van der Waals surface area (Å²) in [5.74, 6) is 1.98. The fourth-order valence-electron chi connectivity index (χ4n) is 5.75. The number of fused-ring (bicyclic) bond motifs is 1. The van der Waals surface area contributed by atoms with Crippen LogP contribution in [0.5, 0.6) is 0 Å². The molecule has 1 aliphatic heterocycles. The number of nitrogens with zero attached hydrogens (tertiary/aromatic N) is 9. The second-order valence-corrected chi connectivity index (χ2v) is 11.2. The maximum Gasteiger partial charge on any atom is 0.234 e. The Hall–Kier alpha value is -5.73. The average Bonchev–Trinajstić information content (AvgIpc) is 3.45. The highest BCUT2D eigenvalue weighted by molar-refractivity contribution is 5.84. The van der Waals surface area contributed by atoms with Crippen LogP contribution in [0.3, 0.4) is 0 Å². The van der Waals surface area contributed by atoms with Crippen molar-refractivity contribution in [3.8, 4) is 34.5 Å². The van der Waals surface area contributed by atoms with Gasteiger partial charge >= 0.3 is 0 Å². The first kappa shape index (κ1) is 28.1. The molecule has 6 aromatic rings. The van der Waals surface area contributed by atoms with E-state index in [1.165, 1.54) is 5.56 Å². The minimum absolute atomic E-state index is 0.181. The Morgan fingerprint density at radius 2 is 1.71 bits per heavy atom. The Labute approximate surface area is 260 Å². The second-order valence-electron chi connectivity index (χ2n) is 11.2. The summed E-state index contributed by atoms with van der Waals surface area (Å²) in [6.07, 6.45) is 7.08. The molecule has 1 aromatic carbocycles. The van der Waals surface area contributed by atoms with E-state index in [1.807, 2.05) is 60.0 Å². The van der Waals surface area contributed by atoms with Crippen molar-refractivity contribution < 1.29 is 0 Å². The molecule has 0 bridgehead atoms. The zero-order valence-corrected chi connectivity index (χ0v) is 24.8. The number of likely N-dealkylation sites (tertiary alicyclic amines) is 1. The van der Waals surface area contributed by atoms with E-state index in [1.54, 1.807) is 18.6 Å². The molecule has 0 atom stereocenters. The van der Waals surface area contributed by atoms with Gasteiger partial charge < -0.3 is 11.1 Å². The van der Waals surface area contributed by atoms with Gasteiger partial charge in [-0.3, -0.25) is 14.5 Å². The summed E-state index contributed by atoms with van der Waals surface area (Å²) in [5.41, 5.74) is 13.4. The maximum atomic E-state index is 9.07. The highest BCUT2D eigenvalue weighted by atomic mass is 15.2. The lowest BCUT2D eigenvalue weighted by Gasteiger charge is -2.32. The van der Waals surface area contributed by atoms with Crippen molar-refractivity contribution in [2.45, 2.75) is 32.4 Å². The molecule has 11 heteroatoms. The fraction of sp³-hybridized carbons (Fsp3) is 0.206. The summed E-state index contributed by atoms with van der Waals surface area (Å²) in [5, 5.41) is 12.5. The Bertz CT molecular complexity index is 2020. The summed E-state index contributed by atoms with van der Waals surface area (Å²) in [7, 11) is 0. The van der Waals surface area contributed by atoms with Gasteiger partial charge in [-0.2, -0.15) is 5.26 Å². The highest BCUT2D eigenvalue weighted by Gasteiger charge is 2.21. The number of nitrogen functional groups attached to an aromatic ring is 1. The van der Waals surface area contributed by atoms with Crippen LogP contribution in [-0.2, 0) is 6.54 Å². The largest absolute Gasteiger partial charge is 0.383 e. The van der Waals surface area contributed by atoms with Gasteiger partial charge in [0.15, 0.2) is 11.5 Å². The lowest BCUT2D eigenvalue weighted by molar-refractivity contribution is 0.211. The Morgan fingerprint density at radius 3 is 2.49 bits per heavy atom. The Kier molecular flexibility index (Phi) is 7.55.